The Hall–Kier alpha value is -2.48. The van der Waals surface area contributed by atoms with E-state index in [-0.39, 0.29) is 5.54 Å². The first-order valence-corrected chi connectivity index (χ1v) is 8.00. The molecule has 0 aliphatic carbocycles. The number of hydrogen-bond acceptors (Lipinski definition) is 2. The van der Waals surface area contributed by atoms with E-state index in [2.05, 4.69) is 89.0 Å². The van der Waals surface area contributed by atoms with Crippen LogP contribution in [0.2, 0.25) is 0 Å². The van der Waals surface area contributed by atoms with E-state index in [1.807, 2.05) is 18.9 Å². The van der Waals surface area contributed by atoms with E-state index in [1.54, 1.807) is 0 Å². The summed E-state index contributed by atoms with van der Waals surface area (Å²) in [7, 11) is 2.00. The Kier molecular flexibility index (Phi) is 8.62. The van der Waals surface area contributed by atoms with Gasteiger partial charge in [0.1, 0.15) is 0 Å². The van der Waals surface area contributed by atoms with Gasteiger partial charge in [-0.15, -0.1) is 26.3 Å². The molecule has 0 bridgehead atoms. The van der Waals surface area contributed by atoms with Crippen molar-refractivity contribution in [1.82, 2.24) is 10.2 Å². The number of rotatable bonds is 2. The fourth-order valence-electron chi connectivity index (χ4n) is 2.68. The molecule has 1 aliphatic heterocycles. The van der Waals surface area contributed by atoms with Gasteiger partial charge in [-0.2, -0.15) is 0 Å². The number of allylic oxidation sites excluding steroid dienone is 1. The van der Waals surface area contributed by atoms with Gasteiger partial charge in [-0.3, -0.25) is 0 Å². The molecule has 1 aromatic rings. The van der Waals surface area contributed by atoms with Crippen LogP contribution >= 0.6 is 0 Å². The topological polar surface area (TPSA) is 15.3 Å². The van der Waals surface area contributed by atoms with Crippen molar-refractivity contribution >= 4 is 6.08 Å². The lowest BCUT2D eigenvalue weighted by Crippen LogP contribution is -2.48. The average Bonchev–Trinajstić information content (AvgIpc) is 2.58. The monoisotopic (exact) mass is 324 g/mol. The van der Waals surface area contributed by atoms with Crippen molar-refractivity contribution < 1.29 is 0 Å². The normalized spacial score (nSPS) is 19.8. The van der Waals surface area contributed by atoms with Gasteiger partial charge in [-0.25, -0.2) is 0 Å². The largest absolute Gasteiger partial charge is 0.362 e. The molecule has 2 nitrogen and oxygen atoms in total. The zero-order valence-corrected chi connectivity index (χ0v) is 15.8. The maximum Gasteiger partial charge on any atom is 0.0985 e. The predicted octanol–water partition coefficient (Wildman–Crippen LogP) is 5.76. The van der Waals surface area contributed by atoms with E-state index < -0.39 is 0 Å². The maximum atomic E-state index is 4.15. The molecule has 130 valence electrons. The summed E-state index contributed by atoms with van der Waals surface area (Å²) in [5.41, 5.74) is 4.77. The Morgan fingerprint density at radius 1 is 1.17 bits per heavy atom. The molecular formula is C22H32N2. The van der Waals surface area contributed by atoms with E-state index in [0.717, 1.165) is 17.9 Å². The predicted molar refractivity (Wildman–Crippen MR) is 110 cm³/mol. The molecule has 0 unspecified atom stereocenters. The van der Waals surface area contributed by atoms with E-state index in [9.17, 15) is 0 Å². The lowest BCUT2D eigenvalue weighted by Gasteiger charge is -2.43. The van der Waals surface area contributed by atoms with Crippen molar-refractivity contribution in [2.24, 2.45) is 0 Å². The number of hydrogen-bond donors (Lipinski definition) is 1. The quantitative estimate of drug-likeness (QED) is 0.696. The van der Waals surface area contributed by atoms with Crippen LogP contribution in [0.15, 0.2) is 75.3 Å². The minimum atomic E-state index is -0.148. The van der Waals surface area contributed by atoms with Crippen molar-refractivity contribution in [3.05, 3.63) is 92.0 Å². The number of nitrogens with zero attached hydrogens (tertiary/aromatic N) is 1. The van der Waals surface area contributed by atoms with Crippen molar-refractivity contribution in [2.75, 3.05) is 7.05 Å². The Morgan fingerprint density at radius 3 is 2.25 bits per heavy atom. The molecule has 24 heavy (non-hydrogen) atoms. The smallest absolute Gasteiger partial charge is 0.0985 e. The van der Waals surface area contributed by atoms with Gasteiger partial charge in [-0.05, 0) is 43.5 Å². The van der Waals surface area contributed by atoms with Crippen molar-refractivity contribution in [1.29, 1.82) is 0 Å². The fourth-order valence-corrected chi connectivity index (χ4v) is 2.68. The summed E-state index contributed by atoms with van der Waals surface area (Å²) in [4.78, 5) is 2.02. The average molecular weight is 325 g/mol. The third kappa shape index (κ3) is 4.76. The van der Waals surface area contributed by atoms with Crippen LogP contribution in [-0.2, 0) is 5.54 Å². The zero-order valence-electron chi connectivity index (χ0n) is 15.8. The Balaban J connectivity index is 0.00000123. The van der Waals surface area contributed by atoms with Crippen LogP contribution in [0.25, 0.3) is 6.08 Å². The highest BCUT2D eigenvalue weighted by molar-refractivity contribution is 5.55. The zero-order chi connectivity index (χ0) is 18.9. The molecule has 1 saturated heterocycles. The van der Waals surface area contributed by atoms with E-state index >= 15 is 0 Å². The van der Waals surface area contributed by atoms with E-state index in [4.69, 9.17) is 0 Å². The Labute approximate surface area is 148 Å². The summed E-state index contributed by atoms with van der Waals surface area (Å²) in [6, 6.07) is 6.64. The Morgan fingerprint density at radius 2 is 1.75 bits per heavy atom. The number of nitrogens with one attached hydrogen (secondary N) is 1. The molecule has 0 saturated carbocycles. The molecule has 0 amide bonds. The molecular weight excluding hydrogens is 292 g/mol. The van der Waals surface area contributed by atoms with Gasteiger partial charge in [-0.1, -0.05) is 37.4 Å². The van der Waals surface area contributed by atoms with Crippen LogP contribution < -0.4 is 5.32 Å². The van der Waals surface area contributed by atoms with E-state index in [1.165, 1.54) is 16.7 Å². The van der Waals surface area contributed by atoms with Gasteiger partial charge in [0.25, 0.3) is 0 Å². The standard InChI is InChI=1S/C18H24N2.2C2H4/c1-7-8-16-11-17(10-9-13(16)2)18(5)12-14(3)20(6)15(4)19-18;2*1-2/h7-11,19H,3-4,12H2,1-2,5-6H3;2*1-2H2/b8-7-;;/t18-;;/m0../s1. The molecule has 2 rings (SSSR count). The summed E-state index contributed by atoms with van der Waals surface area (Å²) in [6.45, 7) is 26.6. The van der Waals surface area contributed by atoms with Crippen molar-refractivity contribution in [3.8, 4) is 0 Å². The molecule has 1 fully saturated rings. The maximum absolute atomic E-state index is 4.15. The molecule has 1 atom stereocenters. The van der Waals surface area contributed by atoms with Gasteiger partial charge in [0, 0.05) is 19.2 Å². The second-order valence-electron chi connectivity index (χ2n) is 5.78. The van der Waals surface area contributed by atoms with Crippen molar-refractivity contribution in [2.45, 2.75) is 32.7 Å². The fraction of sp³-hybridized carbons (Fsp3) is 0.273. The number of aryl methyl sites for hydroxylation is 1. The minimum absolute atomic E-state index is 0.148. The minimum Gasteiger partial charge on any atom is -0.362 e. The summed E-state index contributed by atoms with van der Waals surface area (Å²) in [5.74, 6) is 0.900. The summed E-state index contributed by atoms with van der Waals surface area (Å²) in [5, 5.41) is 3.52. The van der Waals surface area contributed by atoms with Crippen LogP contribution in [0, 0.1) is 6.92 Å². The highest BCUT2D eigenvalue weighted by Gasteiger charge is 2.34. The molecule has 1 N–H and O–H groups in total. The van der Waals surface area contributed by atoms with Crippen molar-refractivity contribution in [3.63, 3.8) is 0 Å². The molecule has 0 spiro atoms. The highest BCUT2D eigenvalue weighted by Crippen LogP contribution is 2.35. The second-order valence-corrected chi connectivity index (χ2v) is 5.78. The highest BCUT2D eigenvalue weighted by atomic mass is 15.3. The molecule has 2 heteroatoms. The van der Waals surface area contributed by atoms with Gasteiger partial charge in [0.05, 0.1) is 11.4 Å². The van der Waals surface area contributed by atoms with Crippen LogP contribution in [0.3, 0.4) is 0 Å². The Bertz CT molecular complexity index is 590. The summed E-state index contributed by atoms with van der Waals surface area (Å²) < 4.78 is 0. The first-order valence-electron chi connectivity index (χ1n) is 8.00. The summed E-state index contributed by atoms with van der Waals surface area (Å²) in [6.07, 6.45) is 5.11. The summed E-state index contributed by atoms with van der Waals surface area (Å²) >= 11 is 0. The second kappa shape index (κ2) is 9.61. The lowest BCUT2D eigenvalue weighted by atomic mass is 9.84. The molecule has 1 aliphatic rings. The first-order chi connectivity index (χ1) is 11.4. The molecule has 1 heterocycles. The van der Waals surface area contributed by atoms with Gasteiger partial charge in [0.15, 0.2) is 0 Å². The molecule has 0 radical (unpaired) electrons. The third-order valence-corrected chi connectivity index (χ3v) is 4.12. The third-order valence-electron chi connectivity index (χ3n) is 4.12. The van der Waals surface area contributed by atoms with Gasteiger partial charge >= 0.3 is 0 Å². The first kappa shape index (κ1) is 21.5. The number of benzene rings is 1. The van der Waals surface area contributed by atoms with E-state index in [0.29, 0.717) is 0 Å². The van der Waals surface area contributed by atoms with Gasteiger partial charge < -0.3 is 10.2 Å². The lowest BCUT2D eigenvalue weighted by molar-refractivity contribution is 0.268. The van der Waals surface area contributed by atoms with Crippen LogP contribution in [-0.4, -0.2) is 11.9 Å². The van der Waals surface area contributed by atoms with Crippen LogP contribution in [0.5, 0.6) is 0 Å². The van der Waals surface area contributed by atoms with Crippen LogP contribution in [0.4, 0.5) is 0 Å². The SMILES string of the molecule is C=C.C=C.C=C1C[C@@](C)(c2ccc(C)c(/C=C\C)c2)NC(=C)N1C. The molecule has 1 aromatic carbocycles. The van der Waals surface area contributed by atoms with Gasteiger partial charge in [0.2, 0.25) is 0 Å². The van der Waals surface area contributed by atoms with Crippen LogP contribution in [0.1, 0.15) is 37.0 Å². The molecule has 0 aromatic heterocycles.